The summed E-state index contributed by atoms with van der Waals surface area (Å²) < 4.78 is 24.4. The fourth-order valence-electron chi connectivity index (χ4n) is 1.90. The van der Waals surface area contributed by atoms with Gasteiger partial charge in [0.2, 0.25) is 0 Å². The fourth-order valence-corrected chi connectivity index (χ4v) is 1.90. The third kappa shape index (κ3) is 4.46. The molecule has 0 aliphatic carbocycles. The van der Waals surface area contributed by atoms with Crippen LogP contribution in [0, 0.1) is 5.82 Å². The molecule has 0 amide bonds. The van der Waals surface area contributed by atoms with Gasteiger partial charge in [-0.25, -0.2) is 4.39 Å². The number of ether oxygens (including phenoxy) is 2. The molecule has 0 saturated carbocycles. The van der Waals surface area contributed by atoms with Crippen LogP contribution in [0.4, 0.5) is 4.39 Å². The molecule has 0 atom stereocenters. The van der Waals surface area contributed by atoms with Crippen LogP contribution in [0.15, 0.2) is 42.5 Å². The molecule has 0 aliphatic rings. The van der Waals surface area contributed by atoms with Gasteiger partial charge in [-0.2, -0.15) is 0 Å². The van der Waals surface area contributed by atoms with E-state index in [1.54, 1.807) is 30.3 Å². The van der Waals surface area contributed by atoms with Gasteiger partial charge in [-0.3, -0.25) is 0 Å². The summed E-state index contributed by atoms with van der Waals surface area (Å²) in [4.78, 5) is 0. The predicted octanol–water partition coefficient (Wildman–Crippen LogP) is 3.69. The smallest absolute Gasteiger partial charge is 0.129 e. The number of rotatable bonds is 7. The first-order chi connectivity index (χ1) is 10.2. The topological polar surface area (TPSA) is 38.7 Å². The lowest BCUT2D eigenvalue weighted by molar-refractivity contribution is 0.256. The molecule has 0 aliphatic heterocycles. The maximum atomic E-state index is 13.1. The molecule has 21 heavy (non-hydrogen) atoms. The number of hydrogen-bond acceptors (Lipinski definition) is 3. The molecule has 0 aromatic heterocycles. The van der Waals surface area contributed by atoms with Crippen LogP contribution in [-0.2, 0) is 13.2 Å². The van der Waals surface area contributed by atoms with Gasteiger partial charge in [0.1, 0.15) is 23.9 Å². The van der Waals surface area contributed by atoms with Gasteiger partial charge in [0.05, 0.1) is 13.2 Å². The third-order valence-corrected chi connectivity index (χ3v) is 2.97. The minimum atomic E-state index is -0.293. The third-order valence-electron chi connectivity index (χ3n) is 2.97. The number of halogens is 1. The molecule has 4 heteroatoms. The molecule has 0 radical (unpaired) electrons. The first-order valence-corrected chi connectivity index (χ1v) is 6.96. The Morgan fingerprint density at radius 3 is 2.67 bits per heavy atom. The summed E-state index contributed by atoms with van der Waals surface area (Å²) >= 11 is 0. The summed E-state index contributed by atoms with van der Waals surface area (Å²) in [5.41, 5.74) is 1.41. The molecular formula is C17H19FO3. The zero-order chi connectivity index (χ0) is 15.1. The molecule has 0 fully saturated rings. The summed E-state index contributed by atoms with van der Waals surface area (Å²) in [6.07, 6.45) is 0.918. The predicted molar refractivity (Wildman–Crippen MR) is 78.9 cm³/mol. The molecule has 2 aromatic carbocycles. The maximum Gasteiger partial charge on any atom is 0.129 e. The molecule has 2 aromatic rings. The van der Waals surface area contributed by atoms with Crippen molar-refractivity contribution in [2.75, 3.05) is 6.61 Å². The Morgan fingerprint density at radius 2 is 1.95 bits per heavy atom. The lowest BCUT2D eigenvalue weighted by Gasteiger charge is -2.13. The minimum absolute atomic E-state index is 0.119. The first-order valence-electron chi connectivity index (χ1n) is 6.96. The summed E-state index contributed by atoms with van der Waals surface area (Å²) in [5, 5.41) is 9.35. The van der Waals surface area contributed by atoms with Crippen LogP contribution in [0.1, 0.15) is 24.5 Å². The number of aliphatic hydroxyl groups excluding tert-OH is 1. The van der Waals surface area contributed by atoms with Gasteiger partial charge in [0.15, 0.2) is 0 Å². The van der Waals surface area contributed by atoms with Gasteiger partial charge in [0, 0.05) is 11.6 Å². The van der Waals surface area contributed by atoms with E-state index in [-0.39, 0.29) is 19.0 Å². The van der Waals surface area contributed by atoms with Crippen molar-refractivity contribution in [2.45, 2.75) is 26.6 Å². The standard InChI is InChI=1S/C17H19FO3/c1-2-8-20-16-7-6-14(11-19)17(10-16)21-12-13-4-3-5-15(18)9-13/h3-7,9-10,19H,2,8,11-12H2,1H3. The van der Waals surface area contributed by atoms with Crippen LogP contribution >= 0.6 is 0 Å². The number of hydrogen-bond donors (Lipinski definition) is 1. The highest BCUT2D eigenvalue weighted by Gasteiger charge is 2.06. The Bertz CT molecular complexity index is 584. The second-order valence-electron chi connectivity index (χ2n) is 4.69. The second kappa shape index (κ2) is 7.64. The van der Waals surface area contributed by atoms with Crippen LogP contribution in [-0.4, -0.2) is 11.7 Å². The van der Waals surface area contributed by atoms with E-state index in [0.29, 0.717) is 23.7 Å². The van der Waals surface area contributed by atoms with Crippen LogP contribution in [0.5, 0.6) is 11.5 Å². The van der Waals surface area contributed by atoms with Crippen molar-refractivity contribution in [1.82, 2.24) is 0 Å². The van der Waals surface area contributed by atoms with E-state index in [9.17, 15) is 9.50 Å². The maximum absolute atomic E-state index is 13.1. The van der Waals surface area contributed by atoms with E-state index in [2.05, 4.69) is 0 Å². The molecule has 0 spiro atoms. The number of aliphatic hydroxyl groups is 1. The summed E-state index contributed by atoms with van der Waals surface area (Å²) in [7, 11) is 0. The molecule has 0 bridgehead atoms. The molecule has 112 valence electrons. The first kappa shape index (κ1) is 15.3. The van der Waals surface area contributed by atoms with E-state index in [0.717, 1.165) is 12.0 Å². The van der Waals surface area contributed by atoms with Crippen molar-refractivity contribution >= 4 is 0 Å². The van der Waals surface area contributed by atoms with Crippen molar-refractivity contribution < 1.29 is 19.0 Å². The van der Waals surface area contributed by atoms with E-state index < -0.39 is 0 Å². The second-order valence-corrected chi connectivity index (χ2v) is 4.69. The van der Waals surface area contributed by atoms with Crippen molar-refractivity contribution in [1.29, 1.82) is 0 Å². The van der Waals surface area contributed by atoms with Crippen LogP contribution in [0.25, 0.3) is 0 Å². The van der Waals surface area contributed by atoms with Gasteiger partial charge in [-0.1, -0.05) is 19.1 Å². The zero-order valence-electron chi connectivity index (χ0n) is 12.0. The Morgan fingerprint density at radius 1 is 1.10 bits per heavy atom. The zero-order valence-corrected chi connectivity index (χ0v) is 12.0. The van der Waals surface area contributed by atoms with Crippen LogP contribution in [0.2, 0.25) is 0 Å². The molecule has 2 rings (SSSR count). The highest BCUT2D eigenvalue weighted by Crippen LogP contribution is 2.26. The average Bonchev–Trinajstić information content (AvgIpc) is 2.51. The molecule has 3 nitrogen and oxygen atoms in total. The van der Waals surface area contributed by atoms with E-state index in [1.807, 2.05) is 6.92 Å². The Hall–Kier alpha value is -2.07. The fraction of sp³-hybridized carbons (Fsp3) is 0.294. The average molecular weight is 290 g/mol. The lowest BCUT2D eigenvalue weighted by atomic mass is 10.2. The largest absolute Gasteiger partial charge is 0.493 e. The van der Waals surface area contributed by atoms with Crippen molar-refractivity contribution in [3.8, 4) is 11.5 Å². The van der Waals surface area contributed by atoms with Crippen LogP contribution < -0.4 is 9.47 Å². The normalized spacial score (nSPS) is 10.4. The molecule has 0 heterocycles. The highest BCUT2D eigenvalue weighted by molar-refractivity contribution is 5.40. The molecule has 1 N–H and O–H groups in total. The van der Waals surface area contributed by atoms with Gasteiger partial charge in [-0.05, 0) is 36.2 Å². The molecule has 0 saturated heterocycles. The van der Waals surface area contributed by atoms with Crippen molar-refractivity contribution in [3.63, 3.8) is 0 Å². The lowest BCUT2D eigenvalue weighted by Crippen LogP contribution is -2.01. The van der Waals surface area contributed by atoms with Gasteiger partial charge < -0.3 is 14.6 Å². The minimum Gasteiger partial charge on any atom is -0.493 e. The van der Waals surface area contributed by atoms with Crippen molar-refractivity contribution in [3.05, 3.63) is 59.4 Å². The Labute approximate surface area is 124 Å². The van der Waals surface area contributed by atoms with E-state index >= 15 is 0 Å². The monoisotopic (exact) mass is 290 g/mol. The highest BCUT2D eigenvalue weighted by atomic mass is 19.1. The molecular weight excluding hydrogens is 271 g/mol. The van der Waals surface area contributed by atoms with Gasteiger partial charge in [0.25, 0.3) is 0 Å². The Balaban J connectivity index is 2.09. The van der Waals surface area contributed by atoms with Gasteiger partial charge >= 0.3 is 0 Å². The Kier molecular flexibility index (Phi) is 5.58. The van der Waals surface area contributed by atoms with Gasteiger partial charge in [-0.15, -0.1) is 0 Å². The summed E-state index contributed by atoms with van der Waals surface area (Å²) in [6, 6.07) is 11.6. The molecule has 0 unspecified atom stereocenters. The van der Waals surface area contributed by atoms with E-state index in [4.69, 9.17) is 9.47 Å². The summed E-state index contributed by atoms with van der Waals surface area (Å²) in [6.45, 7) is 2.78. The van der Waals surface area contributed by atoms with E-state index in [1.165, 1.54) is 12.1 Å². The SMILES string of the molecule is CCCOc1ccc(CO)c(OCc2cccc(F)c2)c1. The van der Waals surface area contributed by atoms with Crippen molar-refractivity contribution in [2.24, 2.45) is 0 Å². The quantitative estimate of drug-likeness (QED) is 0.845. The number of benzene rings is 2. The van der Waals surface area contributed by atoms with Crippen LogP contribution in [0.3, 0.4) is 0 Å². The summed E-state index contributed by atoms with van der Waals surface area (Å²) in [5.74, 6) is 0.956.